The fraction of sp³-hybridized carbons (Fsp3) is 0.500. The van der Waals surface area contributed by atoms with Gasteiger partial charge in [0.1, 0.15) is 28.3 Å². The van der Waals surface area contributed by atoms with E-state index >= 15 is 0 Å². The smallest absolute Gasteiger partial charge is 0.387 e. The molecular formula is C30H37F4N3O3S+2. The van der Waals surface area contributed by atoms with Gasteiger partial charge in [0.05, 0.1) is 44.4 Å². The van der Waals surface area contributed by atoms with E-state index in [0.717, 1.165) is 23.8 Å². The van der Waals surface area contributed by atoms with Gasteiger partial charge in [-0.15, -0.1) is 4.31 Å². The lowest BCUT2D eigenvalue weighted by molar-refractivity contribution is -0.131. The Hall–Kier alpha value is -2.76. The maximum absolute atomic E-state index is 14.3. The van der Waals surface area contributed by atoms with Gasteiger partial charge < -0.3 is 9.64 Å². The van der Waals surface area contributed by atoms with Crippen molar-refractivity contribution in [2.45, 2.75) is 50.3 Å². The van der Waals surface area contributed by atoms with Crippen molar-refractivity contribution in [3.8, 4) is 0 Å². The maximum atomic E-state index is 14.3. The minimum Gasteiger partial charge on any atom is -0.483 e. The third-order valence-corrected chi connectivity index (χ3v) is 10.3. The van der Waals surface area contributed by atoms with Crippen molar-refractivity contribution in [1.82, 2.24) is 13.7 Å². The fourth-order valence-corrected chi connectivity index (χ4v) is 7.11. The summed E-state index contributed by atoms with van der Waals surface area (Å²) in [6.07, 6.45) is 1.47. The van der Waals surface area contributed by atoms with Crippen molar-refractivity contribution in [2.75, 3.05) is 39.8 Å². The van der Waals surface area contributed by atoms with Crippen molar-refractivity contribution < 1.29 is 31.3 Å². The van der Waals surface area contributed by atoms with Crippen molar-refractivity contribution >= 4 is 22.6 Å². The van der Waals surface area contributed by atoms with Gasteiger partial charge >= 0.3 is 5.91 Å². The molecule has 6 nitrogen and oxygen atoms in total. The zero-order valence-electron chi connectivity index (χ0n) is 23.4. The molecule has 2 aromatic carbocycles. The number of ether oxygens (including phenoxy) is 1. The number of carbonyl (C=O) groups is 1. The molecule has 11 heteroatoms. The van der Waals surface area contributed by atoms with Gasteiger partial charge in [0.15, 0.2) is 5.75 Å². The average Bonchev–Trinajstić information content (AvgIpc) is 3.56. The highest BCUT2D eigenvalue weighted by atomic mass is 32.2. The summed E-state index contributed by atoms with van der Waals surface area (Å²) in [5.41, 5.74) is 1.75. The molecule has 41 heavy (non-hydrogen) atoms. The first kappa shape index (κ1) is 29.7. The van der Waals surface area contributed by atoms with Gasteiger partial charge in [0.25, 0.3) is 5.92 Å². The van der Waals surface area contributed by atoms with E-state index in [-0.39, 0.29) is 30.5 Å². The van der Waals surface area contributed by atoms with Crippen LogP contribution in [0.1, 0.15) is 38.2 Å². The van der Waals surface area contributed by atoms with Crippen molar-refractivity contribution in [3.05, 3.63) is 77.2 Å². The topological polar surface area (TPSA) is 49.9 Å². The summed E-state index contributed by atoms with van der Waals surface area (Å²) in [5, 5.41) is 0. The van der Waals surface area contributed by atoms with E-state index in [9.17, 15) is 26.6 Å². The van der Waals surface area contributed by atoms with Crippen LogP contribution in [0.25, 0.3) is 0 Å². The number of thiol groups is 1. The van der Waals surface area contributed by atoms with Crippen LogP contribution < -0.4 is 4.48 Å². The zero-order chi connectivity index (χ0) is 29.4. The molecule has 5 rings (SSSR count). The lowest BCUT2D eigenvalue weighted by Gasteiger charge is -2.41. The molecule has 2 heterocycles. The number of halogens is 4. The van der Waals surface area contributed by atoms with Crippen molar-refractivity contribution in [2.24, 2.45) is 5.92 Å². The summed E-state index contributed by atoms with van der Waals surface area (Å²) in [6, 6.07) is 12.3. The molecule has 0 aromatic heterocycles. The molecule has 1 saturated heterocycles. The van der Waals surface area contributed by atoms with Crippen LogP contribution in [0.4, 0.5) is 23.2 Å². The molecule has 1 amide bonds. The Morgan fingerprint density at radius 2 is 1.68 bits per heavy atom. The van der Waals surface area contributed by atoms with Crippen molar-refractivity contribution in [1.29, 1.82) is 0 Å². The molecule has 2 fully saturated rings. The summed E-state index contributed by atoms with van der Waals surface area (Å²) in [5.74, 6) is -5.49. The lowest BCUT2D eigenvalue weighted by Crippen LogP contribution is -2.59. The molecule has 222 valence electrons. The van der Waals surface area contributed by atoms with Crippen LogP contribution >= 0.6 is 0 Å². The van der Waals surface area contributed by atoms with Gasteiger partial charge in [0.2, 0.25) is 5.76 Å². The van der Waals surface area contributed by atoms with Crippen LogP contribution in [-0.4, -0.2) is 66.9 Å². The van der Waals surface area contributed by atoms with Crippen LogP contribution in [0.5, 0.6) is 0 Å². The standard InChI is InChI=1S/C30H36F4N3O3S/c1-21-7-6-10-27(35-11-13-36(14-12-35)41(39)20-22-8-4-3-5-9-22)28(40-19-23-18-30(23,33)34)29(38)37(21,2)26-16-24(31)15-25(32)17-26/h3-5,8-9,15-17,21,23H,6-7,10-14,18-20H2,1-2H3/q+1/p+1. The Labute approximate surface area is 240 Å². The molecule has 4 unspecified atom stereocenters. The number of quaternary nitrogens is 1. The Morgan fingerprint density at radius 3 is 2.29 bits per heavy atom. The number of benzene rings is 2. The Balaban J connectivity index is 1.43. The number of hydrogen-bond acceptors (Lipinski definition) is 4. The summed E-state index contributed by atoms with van der Waals surface area (Å²) in [4.78, 5) is 16.4. The number of allylic oxidation sites excluding steroid dienone is 1. The van der Waals surface area contributed by atoms with Crippen LogP contribution in [0, 0.1) is 17.6 Å². The van der Waals surface area contributed by atoms with E-state index in [1.165, 1.54) is 0 Å². The van der Waals surface area contributed by atoms with Crippen LogP contribution in [-0.2, 0) is 30.5 Å². The highest BCUT2D eigenvalue weighted by molar-refractivity contribution is 7.81. The van der Waals surface area contributed by atoms with Crippen LogP contribution in [0.15, 0.2) is 60.0 Å². The van der Waals surface area contributed by atoms with Gasteiger partial charge in [-0.1, -0.05) is 34.5 Å². The predicted molar refractivity (Wildman–Crippen MR) is 151 cm³/mol. The molecule has 3 aliphatic rings. The first-order valence-corrected chi connectivity index (χ1v) is 15.5. The predicted octanol–water partition coefficient (Wildman–Crippen LogP) is 5.31. The molecule has 1 saturated carbocycles. The van der Waals surface area contributed by atoms with E-state index in [1.54, 1.807) is 7.05 Å². The van der Waals surface area contributed by atoms with Gasteiger partial charge in [-0.05, 0) is 19.8 Å². The number of likely N-dealkylation sites (N-methyl/N-ethyl adjacent to an activating group) is 1. The third-order valence-electron chi connectivity index (χ3n) is 8.68. The van der Waals surface area contributed by atoms with Crippen molar-refractivity contribution in [3.63, 3.8) is 0 Å². The monoisotopic (exact) mass is 595 g/mol. The number of hydrogen-bond donors (Lipinski definition) is 0. The largest absolute Gasteiger partial charge is 0.483 e. The second kappa shape index (κ2) is 11.9. The minimum atomic E-state index is -2.82. The van der Waals surface area contributed by atoms with E-state index < -0.39 is 44.9 Å². The SMILES string of the molecule is CC1CCCC(N2CCN([SH+](=O)Cc3ccccc3)CC2)=C(OCC2CC2(F)F)C(=O)[N+]1(C)c1cc(F)cc(F)c1. The molecule has 0 radical (unpaired) electrons. The van der Waals surface area contributed by atoms with E-state index in [4.69, 9.17) is 4.74 Å². The summed E-state index contributed by atoms with van der Waals surface area (Å²) >= 11 is 0. The molecule has 4 atom stereocenters. The summed E-state index contributed by atoms with van der Waals surface area (Å²) in [7, 11) is -0.0293. The zero-order valence-corrected chi connectivity index (χ0v) is 24.3. The van der Waals surface area contributed by atoms with Gasteiger partial charge in [0, 0.05) is 49.7 Å². The highest BCUT2D eigenvalue weighted by Gasteiger charge is 2.58. The maximum Gasteiger partial charge on any atom is 0.387 e. The van der Waals surface area contributed by atoms with Crippen LogP contribution in [0.3, 0.4) is 0 Å². The Kier molecular flexibility index (Phi) is 8.59. The number of piperazine rings is 1. The molecule has 0 N–H and O–H groups in total. The Bertz CT molecular complexity index is 1310. The third kappa shape index (κ3) is 6.36. The number of rotatable bonds is 8. The normalized spacial score (nSPS) is 27.8. The second-order valence-corrected chi connectivity index (χ2v) is 13.0. The number of carbonyl (C=O) groups excluding carboxylic acids is 1. The number of nitrogens with zero attached hydrogens (tertiary/aromatic N) is 3. The molecular weight excluding hydrogens is 558 g/mol. The van der Waals surface area contributed by atoms with E-state index in [0.29, 0.717) is 56.9 Å². The van der Waals surface area contributed by atoms with Crippen LogP contribution in [0.2, 0.25) is 0 Å². The highest BCUT2D eigenvalue weighted by Crippen LogP contribution is 2.49. The molecule has 2 aromatic rings. The fourth-order valence-electron chi connectivity index (χ4n) is 5.76. The molecule has 0 spiro atoms. The lowest BCUT2D eigenvalue weighted by atomic mass is 9.99. The van der Waals surface area contributed by atoms with Gasteiger partial charge in [-0.25, -0.2) is 26.8 Å². The number of alkyl halides is 2. The quantitative estimate of drug-likeness (QED) is 0.180. The van der Waals surface area contributed by atoms with E-state index in [1.807, 2.05) is 46.5 Å². The molecule has 0 bridgehead atoms. The molecule has 2 aliphatic heterocycles. The first-order valence-electron chi connectivity index (χ1n) is 14.1. The first-order chi connectivity index (χ1) is 19.5. The second-order valence-electron chi connectivity index (χ2n) is 11.4. The van der Waals surface area contributed by atoms with Gasteiger partial charge in [-0.2, -0.15) is 0 Å². The molecule has 1 aliphatic carbocycles. The minimum absolute atomic E-state index is 0.0199. The summed E-state index contributed by atoms with van der Waals surface area (Å²) in [6.45, 7) is 3.51. The summed E-state index contributed by atoms with van der Waals surface area (Å²) < 4.78 is 76.7. The Morgan fingerprint density at radius 1 is 1.05 bits per heavy atom. The van der Waals surface area contributed by atoms with Gasteiger partial charge in [-0.3, -0.25) is 0 Å². The van der Waals surface area contributed by atoms with E-state index in [2.05, 4.69) is 0 Å². The number of amides is 1. The average molecular weight is 596 g/mol.